The summed E-state index contributed by atoms with van der Waals surface area (Å²) >= 11 is 0. The molecule has 4 nitrogen and oxygen atoms in total. The molecule has 0 atom stereocenters. The summed E-state index contributed by atoms with van der Waals surface area (Å²) in [5.41, 5.74) is 2.94. The number of methoxy groups -OCH3 is 2. The maximum atomic E-state index is 12.4. The van der Waals surface area contributed by atoms with Crippen LogP contribution in [-0.2, 0) is 12.8 Å². The van der Waals surface area contributed by atoms with E-state index >= 15 is 0 Å². The van der Waals surface area contributed by atoms with Gasteiger partial charge in [-0.25, -0.2) is 0 Å². The average Bonchev–Trinajstić information content (AvgIpc) is 2.86. The van der Waals surface area contributed by atoms with Crippen LogP contribution < -0.4 is 14.9 Å². The third kappa shape index (κ3) is 1.49. The third-order valence-corrected chi connectivity index (χ3v) is 3.55. The first kappa shape index (κ1) is 11.1. The van der Waals surface area contributed by atoms with Gasteiger partial charge in [-0.05, 0) is 25.3 Å². The highest BCUT2D eigenvalue weighted by Gasteiger charge is 2.18. The molecule has 0 saturated heterocycles. The fraction of sp³-hybridized carbons (Fsp3) is 0.357. The largest absolute Gasteiger partial charge is 0.493 e. The minimum absolute atomic E-state index is 0.122. The van der Waals surface area contributed by atoms with Crippen molar-refractivity contribution in [3.05, 3.63) is 33.6 Å². The van der Waals surface area contributed by atoms with E-state index < -0.39 is 0 Å². The van der Waals surface area contributed by atoms with Crippen molar-refractivity contribution in [1.29, 1.82) is 0 Å². The molecule has 0 spiro atoms. The van der Waals surface area contributed by atoms with E-state index in [0.717, 1.165) is 36.0 Å². The zero-order valence-corrected chi connectivity index (χ0v) is 10.5. The first-order valence-electron chi connectivity index (χ1n) is 6.04. The minimum atomic E-state index is 0.122. The molecule has 1 aromatic carbocycles. The molecule has 3 rings (SSSR count). The summed E-state index contributed by atoms with van der Waals surface area (Å²) in [6.07, 6.45) is 2.87. The Balaban J connectivity index is 2.36. The average molecular weight is 245 g/mol. The fourth-order valence-corrected chi connectivity index (χ4v) is 2.63. The van der Waals surface area contributed by atoms with E-state index in [9.17, 15) is 4.79 Å². The van der Waals surface area contributed by atoms with Crippen LogP contribution in [0.5, 0.6) is 11.5 Å². The lowest BCUT2D eigenvalue weighted by Gasteiger charge is -2.10. The van der Waals surface area contributed by atoms with Crippen molar-refractivity contribution in [2.24, 2.45) is 0 Å². The molecular formula is C14H15NO3. The molecule has 0 saturated carbocycles. The van der Waals surface area contributed by atoms with Crippen LogP contribution in [0.4, 0.5) is 0 Å². The van der Waals surface area contributed by atoms with Crippen LogP contribution >= 0.6 is 0 Å². The van der Waals surface area contributed by atoms with Gasteiger partial charge in [0.25, 0.3) is 0 Å². The normalized spacial score (nSPS) is 13.7. The Morgan fingerprint density at radius 2 is 1.83 bits per heavy atom. The number of aromatic nitrogens is 1. The molecule has 18 heavy (non-hydrogen) atoms. The van der Waals surface area contributed by atoms with Crippen molar-refractivity contribution in [1.82, 2.24) is 4.98 Å². The summed E-state index contributed by atoms with van der Waals surface area (Å²) in [6, 6.07) is 3.58. The van der Waals surface area contributed by atoms with Gasteiger partial charge in [0.2, 0.25) is 0 Å². The molecule has 4 heteroatoms. The molecule has 0 radical (unpaired) electrons. The number of benzene rings is 1. The van der Waals surface area contributed by atoms with Gasteiger partial charge in [-0.15, -0.1) is 0 Å². The quantitative estimate of drug-likeness (QED) is 0.880. The van der Waals surface area contributed by atoms with Gasteiger partial charge in [-0.2, -0.15) is 0 Å². The SMILES string of the molecule is COc1cc2[nH]c3c(c(=O)c2cc1OC)CCC3. The number of rotatable bonds is 2. The van der Waals surface area contributed by atoms with Crippen molar-refractivity contribution in [2.75, 3.05) is 14.2 Å². The van der Waals surface area contributed by atoms with Gasteiger partial charge in [0.1, 0.15) is 0 Å². The standard InChI is InChI=1S/C14H15NO3/c1-17-12-6-9-11(7-13(12)18-2)15-10-5-3-4-8(10)14(9)16/h6-7H,3-5H2,1-2H3,(H,15,16). The maximum Gasteiger partial charge on any atom is 0.192 e. The van der Waals surface area contributed by atoms with Crippen molar-refractivity contribution < 1.29 is 9.47 Å². The monoisotopic (exact) mass is 245 g/mol. The molecule has 0 fully saturated rings. The Labute approximate surface area is 105 Å². The van der Waals surface area contributed by atoms with E-state index in [0.29, 0.717) is 16.9 Å². The molecule has 0 amide bonds. The van der Waals surface area contributed by atoms with Crippen LogP contribution in [0.1, 0.15) is 17.7 Å². The van der Waals surface area contributed by atoms with E-state index in [1.54, 1.807) is 20.3 Å². The minimum Gasteiger partial charge on any atom is -0.493 e. The zero-order valence-electron chi connectivity index (χ0n) is 10.5. The number of aryl methyl sites for hydroxylation is 1. The second-order valence-corrected chi connectivity index (χ2v) is 4.52. The summed E-state index contributed by atoms with van der Waals surface area (Å²) in [4.78, 5) is 15.7. The predicted molar refractivity (Wildman–Crippen MR) is 69.7 cm³/mol. The van der Waals surface area contributed by atoms with E-state index in [4.69, 9.17) is 9.47 Å². The molecule has 2 aromatic rings. The summed E-state index contributed by atoms with van der Waals surface area (Å²) in [5.74, 6) is 1.23. The zero-order chi connectivity index (χ0) is 12.7. The number of pyridine rings is 1. The van der Waals surface area contributed by atoms with Crippen LogP contribution in [0.2, 0.25) is 0 Å². The molecule has 1 N–H and O–H groups in total. The number of H-pyrrole nitrogens is 1. The first-order chi connectivity index (χ1) is 8.74. The van der Waals surface area contributed by atoms with Crippen LogP contribution in [0.15, 0.2) is 16.9 Å². The van der Waals surface area contributed by atoms with Crippen LogP contribution in [-0.4, -0.2) is 19.2 Å². The molecule has 0 bridgehead atoms. The summed E-state index contributed by atoms with van der Waals surface area (Å²) in [5, 5.41) is 0.674. The van der Waals surface area contributed by atoms with Gasteiger partial charge in [0.15, 0.2) is 16.9 Å². The number of aromatic amines is 1. The van der Waals surface area contributed by atoms with Gasteiger partial charge in [0.05, 0.1) is 19.7 Å². The Bertz CT molecular complexity index is 673. The second kappa shape index (κ2) is 4.05. The number of nitrogens with one attached hydrogen (secondary N) is 1. The lowest BCUT2D eigenvalue weighted by atomic mass is 10.1. The van der Waals surface area contributed by atoms with E-state index in [1.165, 1.54) is 0 Å². The van der Waals surface area contributed by atoms with Crippen LogP contribution in [0, 0.1) is 0 Å². The van der Waals surface area contributed by atoms with Crippen molar-refractivity contribution in [3.63, 3.8) is 0 Å². The predicted octanol–water partition coefficient (Wildman–Crippen LogP) is 2.03. The molecule has 1 heterocycles. The Kier molecular flexibility index (Phi) is 2.51. The van der Waals surface area contributed by atoms with Crippen molar-refractivity contribution in [2.45, 2.75) is 19.3 Å². The third-order valence-electron chi connectivity index (χ3n) is 3.55. The van der Waals surface area contributed by atoms with E-state index in [2.05, 4.69) is 4.98 Å². The molecule has 1 aliphatic rings. The topological polar surface area (TPSA) is 51.3 Å². The molecule has 1 aromatic heterocycles. The molecule has 0 aliphatic heterocycles. The highest BCUT2D eigenvalue weighted by atomic mass is 16.5. The van der Waals surface area contributed by atoms with Gasteiger partial charge >= 0.3 is 0 Å². The summed E-state index contributed by atoms with van der Waals surface area (Å²) in [6.45, 7) is 0. The fourth-order valence-electron chi connectivity index (χ4n) is 2.63. The highest BCUT2D eigenvalue weighted by Crippen LogP contribution is 2.31. The van der Waals surface area contributed by atoms with Gasteiger partial charge in [-0.1, -0.05) is 0 Å². The van der Waals surface area contributed by atoms with Crippen molar-refractivity contribution in [3.8, 4) is 11.5 Å². The second-order valence-electron chi connectivity index (χ2n) is 4.52. The van der Waals surface area contributed by atoms with Crippen LogP contribution in [0.25, 0.3) is 10.9 Å². The summed E-state index contributed by atoms with van der Waals surface area (Å²) in [7, 11) is 3.17. The Hall–Kier alpha value is -1.97. The Morgan fingerprint density at radius 1 is 1.11 bits per heavy atom. The number of hydrogen-bond acceptors (Lipinski definition) is 3. The number of fused-ring (bicyclic) bond motifs is 2. The van der Waals surface area contributed by atoms with Crippen LogP contribution in [0.3, 0.4) is 0 Å². The number of ether oxygens (including phenoxy) is 2. The van der Waals surface area contributed by atoms with Crippen molar-refractivity contribution >= 4 is 10.9 Å². The maximum absolute atomic E-state index is 12.4. The van der Waals surface area contributed by atoms with E-state index in [-0.39, 0.29) is 5.43 Å². The number of hydrogen-bond donors (Lipinski definition) is 1. The lowest BCUT2D eigenvalue weighted by Crippen LogP contribution is -2.11. The molecule has 94 valence electrons. The first-order valence-corrected chi connectivity index (χ1v) is 6.04. The molecular weight excluding hydrogens is 230 g/mol. The highest BCUT2D eigenvalue weighted by molar-refractivity contribution is 5.83. The Morgan fingerprint density at radius 3 is 2.56 bits per heavy atom. The molecule has 0 unspecified atom stereocenters. The molecule has 1 aliphatic carbocycles. The summed E-state index contributed by atoms with van der Waals surface area (Å²) < 4.78 is 10.5. The van der Waals surface area contributed by atoms with Gasteiger partial charge < -0.3 is 14.5 Å². The van der Waals surface area contributed by atoms with Gasteiger partial charge in [-0.3, -0.25) is 4.79 Å². The van der Waals surface area contributed by atoms with E-state index in [1.807, 2.05) is 6.07 Å². The van der Waals surface area contributed by atoms with Gasteiger partial charge in [0, 0.05) is 22.7 Å². The smallest absolute Gasteiger partial charge is 0.192 e. The lowest BCUT2D eigenvalue weighted by molar-refractivity contribution is 0.355.